The highest BCUT2D eigenvalue weighted by molar-refractivity contribution is 5.34. The van der Waals surface area contributed by atoms with Crippen molar-refractivity contribution < 1.29 is 14.5 Å². The number of allylic oxidation sites excluding steroid dienone is 1. The van der Waals surface area contributed by atoms with Gasteiger partial charge < -0.3 is 4.74 Å². The maximum atomic E-state index is 6.35. The molecule has 3 unspecified atom stereocenters. The molecule has 19 heavy (non-hydrogen) atoms. The maximum absolute atomic E-state index is 6.35. The third-order valence-corrected chi connectivity index (χ3v) is 4.54. The molecular formula is C16H18O3. The van der Waals surface area contributed by atoms with Gasteiger partial charge in [0.1, 0.15) is 0 Å². The van der Waals surface area contributed by atoms with E-state index in [2.05, 4.69) is 31.2 Å². The molecule has 0 amide bonds. The number of hydrogen-bond acceptors (Lipinski definition) is 3. The fraction of sp³-hybridized carbons (Fsp3) is 0.500. The van der Waals surface area contributed by atoms with E-state index >= 15 is 0 Å². The average Bonchev–Trinajstić information content (AvgIpc) is 2.97. The zero-order chi connectivity index (χ0) is 12.9. The minimum atomic E-state index is -0.711. The molecule has 0 N–H and O–H groups in total. The summed E-state index contributed by atoms with van der Waals surface area (Å²) < 4.78 is 6.35. The van der Waals surface area contributed by atoms with Crippen LogP contribution >= 0.6 is 0 Å². The molecule has 2 spiro atoms. The van der Waals surface area contributed by atoms with Crippen LogP contribution in [-0.4, -0.2) is 5.79 Å². The van der Waals surface area contributed by atoms with Crippen LogP contribution in [0.1, 0.15) is 37.3 Å². The molecule has 100 valence electrons. The highest BCUT2D eigenvalue weighted by atomic mass is 17.3. The van der Waals surface area contributed by atoms with Gasteiger partial charge in [-0.25, -0.2) is 0 Å². The smallest absolute Gasteiger partial charge is 0.231 e. The second-order valence-corrected chi connectivity index (χ2v) is 5.79. The van der Waals surface area contributed by atoms with Gasteiger partial charge in [-0.1, -0.05) is 37.3 Å². The van der Waals surface area contributed by atoms with Gasteiger partial charge in [0, 0.05) is 17.9 Å². The lowest BCUT2D eigenvalue weighted by atomic mass is 9.86. The molecule has 3 atom stereocenters. The van der Waals surface area contributed by atoms with E-state index < -0.39 is 11.6 Å². The highest BCUT2D eigenvalue weighted by Crippen LogP contribution is 2.52. The van der Waals surface area contributed by atoms with Crippen LogP contribution < -0.4 is 0 Å². The van der Waals surface area contributed by atoms with E-state index in [1.807, 2.05) is 12.1 Å². The molecule has 3 nitrogen and oxygen atoms in total. The van der Waals surface area contributed by atoms with E-state index in [9.17, 15) is 0 Å². The molecule has 1 fully saturated rings. The summed E-state index contributed by atoms with van der Waals surface area (Å²) in [6.45, 7) is 2.14. The third-order valence-electron chi connectivity index (χ3n) is 4.54. The number of ether oxygens (including phenoxy) is 1. The fourth-order valence-corrected chi connectivity index (χ4v) is 3.38. The standard InChI is InChI=1S/C16H18O3/c1-12-6-4-10-15(12)17-16(19-18-15)11-5-8-13-7-2-3-9-14(13)16/h2-4,7,9-10,12H,5-6,8,11H2,1H3. The molecule has 0 saturated carbocycles. The van der Waals surface area contributed by atoms with Crippen molar-refractivity contribution in [2.24, 2.45) is 5.92 Å². The van der Waals surface area contributed by atoms with Crippen LogP contribution in [0, 0.1) is 5.92 Å². The van der Waals surface area contributed by atoms with Crippen LogP contribution in [0.5, 0.6) is 0 Å². The zero-order valence-corrected chi connectivity index (χ0v) is 11.1. The Bertz CT molecular complexity index is 539. The fourth-order valence-electron chi connectivity index (χ4n) is 3.38. The van der Waals surface area contributed by atoms with Gasteiger partial charge in [-0.05, 0) is 30.9 Å². The van der Waals surface area contributed by atoms with Gasteiger partial charge >= 0.3 is 0 Å². The van der Waals surface area contributed by atoms with Crippen molar-refractivity contribution in [3.63, 3.8) is 0 Å². The Kier molecular flexibility index (Phi) is 2.40. The van der Waals surface area contributed by atoms with Crippen molar-refractivity contribution in [2.75, 3.05) is 0 Å². The highest BCUT2D eigenvalue weighted by Gasteiger charge is 2.57. The largest absolute Gasteiger partial charge is 0.304 e. The predicted molar refractivity (Wildman–Crippen MR) is 70.0 cm³/mol. The predicted octanol–water partition coefficient (Wildman–Crippen LogP) is 3.45. The molecule has 1 aromatic carbocycles. The molecule has 0 aromatic heterocycles. The molecular weight excluding hydrogens is 240 g/mol. The van der Waals surface area contributed by atoms with Crippen LogP contribution in [0.15, 0.2) is 36.4 Å². The summed E-state index contributed by atoms with van der Waals surface area (Å²) in [5, 5.41) is 0. The normalized spacial score (nSPS) is 40.2. The summed E-state index contributed by atoms with van der Waals surface area (Å²) in [5.74, 6) is -1.11. The first-order valence-electron chi connectivity index (χ1n) is 7.07. The maximum Gasteiger partial charge on any atom is 0.231 e. The van der Waals surface area contributed by atoms with Crippen LogP contribution in [0.3, 0.4) is 0 Å². The van der Waals surface area contributed by atoms with Crippen molar-refractivity contribution >= 4 is 0 Å². The lowest BCUT2D eigenvalue weighted by Gasteiger charge is -2.33. The van der Waals surface area contributed by atoms with Crippen molar-refractivity contribution in [3.05, 3.63) is 47.5 Å². The second kappa shape index (κ2) is 3.92. The van der Waals surface area contributed by atoms with Gasteiger partial charge in [0.05, 0.1) is 0 Å². The Balaban J connectivity index is 1.76. The zero-order valence-electron chi connectivity index (χ0n) is 11.1. The van der Waals surface area contributed by atoms with E-state index in [1.165, 1.54) is 5.56 Å². The molecule has 1 saturated heterocycles. The van der Waals surface area contributed by atoms with Gasteiger partial charge in [-0.15, -0.1) is 0 Å². The van der Waals surface area contributed by atoms with Crippen molar-refractivity contribution in [1.82, 2.24) is 0 Å². The molecule has 2 aliphatic carbocycles. The average molecular weight is 258 g/mol. The van der Waals surface area contributed by atoms with Crippen molar-refractivity contribution in [2.45, 2.75) is 44.2 Å². The van der Waals surface area contributed by atoms with Crippen molar-refractivity contribution in [1.29, 1.82) is 0 Å². The topological polar surface area (TPSA) is 27.7 Å². The third kappa shape index (κ3) is 1.55. The minimum absolute atomic E-state index is 0.293. The first-order chi connectivity index (χ1) is 9.24. The molecule has 1 heterocycles. The van der Waals surface area contributed by atoms with Crippen LogP contribution in [0.25, 0.3) is 0 Å². The van der Waals surface area contributed by atoms with E-state index in [1.54, 1.807) is 0 Å². The SMILES string of the molecule is CC1CC=CC12OOC1(CCCc3ccccc31)O2. The Hall–Kier alpha value is -1.16. The summed E-state index contributed by atoms with van der Waals surface area (Å²) in [4.78, 5) is 11.4. The van der Waals surface area contributed by atoms with Gasteiger partial charge in [0.25, 0.3) is 0 Å². The van der Waals surface area contributed by atoms with Crippen molar-refractivity contribution in [3.8, 4) is 0 Å². The number of fused-ring (bicyclic) bond motifs is 2. The second-order valence-electron chi connectivity index (χ2n) is 5.79. The number of benzene rings is 1. The first-order valence-corrected chi connectivity index (χ1v) is 7.07. The Labute approximate surface area is 113 Å². The molecule has 3 heteroatoms. The van der Waals surface area contributed by atoms with Gasteiger partial charge in [0.2, 0.25) is 11.6 Å². The van der Waals surface area contributed by atoms with Gasteiger partial charge in [-0.2, -0.15) is 9.78 Å². The van der Waals surface area contributed by atoms with E-state index in [4.69, 9.17) is 14.5 Å². The van der Waals surface area contributed by atoms with E-state index in [-0.39, 0.29) is 0 Å². The van der Waals surface area contributed by atoms with E-state index in [0.29, 0.717) is 5.92 Å². The molecule has 0 bridgehead atoms. The Morgan fingerprint density at radius 2 is 2.11 bits per heavy atom. The Morgan fingerprint density at radius 3 is 2.95 bits per heavy atom. The summed E-state index contributed by atoms with van der Waals surface area (Å²) in [6, 6.07) is 8.36. The quantitative estimate of drug-likeness (QED) is 0.527. The van der Waals surface area contributed by atoms with E-state index in [0.717, 1.165) is 31.2 Å². The summed E-state index contributed by atoms with van der Waals surface area (Å²) in [6.07, 6.45) is 8.09. The lowest BCUT2D eigenvalue weighted by molar-refractivity contribution is -0.353. The molecule has 0 radical (unpaired) electrons. The number of aryl methyl sites for hydroxylation is 1. The van der Waals surface area contributed by atoms with Crippen LogP contribution in [0.2, 0.25) is 0 Å². The first kappa shape index (κ1) is 11.6. The number of rotatable bonds is 0. The Morgan fingerprint density at radius 1 is 1.21 bits per heavy atom. The summed E-state index contributed by atoms with van der Waals surface area (Å²) in [5.41, 5.74) is 2.44. The number of hydrogen-bond donors (Lipinski definition) is 0. The summed E-state index contributed by atoms with van der Waals surface area (Å²) >= 11 is 0. The molecule has 3 aliphatic rings. The minimum Gasteiger partial charge on any atom is -0.304 e. The molecule has 1 aromatic rings. The molecule has 4 rings (SSSR count). The van der Waals surface area contributed by atoms with Gasteiger partial charge in [0.15, 0.2) is 0 Å². The lowest BCUT2D eigenvalue weighted by Crippen LogP contribution is -2.38. The molecule has 1 aliphatic heterocycles. The monoisotopic (exact) mass is 258 g/mol. The van der Waals surface area contributed by atoms with Crippen LogP contribution in [0.4, 0.5) is 0 Å². The van der Waals surface area contributed by atoms with Gasteiger partial charge in [-0.3, -0.25) is 0 Å². The summed E-state index contributed by atoms with van der Waals surface area (Å²) in [7, 11) is 0. The van der Waals surface area contributed by atoms with Crippen LogP contribution in [-0.2, 0) is 26.7 Å².